The molecule has 20 heavy (non-hydrogen) atoms. The van der Waals surface area contributed by atoms with Gasteiger partial charge in [0.1, 0.15) is 11.8 Å². The molecule has 6 nitrogen and oxygen atoms in total. The maximum absolute atomic E-state index is 12.1. The van der Waals surface area contributed by atoms with Gasteiger partial charge in [0.15, 0.2) is 0 Å². The lowest BCUT2D eigenvalue weighted by Gasteiger charge is -2.23. The number of esters is 1. The number of carbonyl (C=O) groups is 1. The normalized spacial score (nSPS) is 16.7. The summed E-state index contributed by atoms with van der Waals surface area (Å²) in [6, 6.07) is 6.66. The Kier molecular flexibility index (Phi) is 4.15. The predicted octanol–water partition coefficient (Wildman–Crippen LogP) is 2.97. The molecule has 1 aliphatic rings. The molecule has 0 heterocycles. The molecule has 0 bridgehead atoms. The highest BCUT2D eigenvalue weighted by molar-refractivity contribution is 5.80. The maximum atomic E-state index is 12.1. The van der Waals surface area contributed by atoms with Crippen molar-refractivity contribution >= 4 is 5.97 Å². The number of benzene rings is 1. The highest BCUT2D eigenvalue weighted by atomic mass is 16.5. The van der Waals surface area contributed by atoms with Crippen LogP contribution in [0.4, 0.5) is 0 Å². The number of methoxy groups -OCH3 is 1. The molecule has 0 spiro atoms. The zero-order chi connectivity index (χ0) is 14.6. The molecule has 1 saturated carbocycles. The Morgan fingerprint density at radius 1 is 1.50 bits per heavy atom. The summed E-state index contributed by atoms with van der Waals surface area (Å²) >= 11 is 0. The number of azide groups is 1. The molecule has 1 aromatic carbocycles. The molecule has 1 atom stereocenters. The van der Waals surface area contributed by atoms with E-state index in [1.54, 1.807) is 14.0 Å². The number of para-hydroxylation sites is 1. The molecule has 106 valence electrons. The summed E-state index contributed by atoms with van der Waals surface area (Å²) in [4.78, 5) is 14.9. The minimum Gasteiger partial charge on any atom is -0.496 e. The lowest BCUT2D eigenvalue weighted by molar-refractivity contribution is -0.145. The maximum Gasteiger partial charge on any atom is 0.315 e. The van der Waals surface area contributed by atoms with Gasteiger partial charge in [-0.15, -0.1) is 0 Å². The smallest absolute Gasteiger partial charge is 0.315 e. The van der Waals surface area contributed by atoms with E-state index in [9.17, 15) is 4.79 Å². The molecule has 1 unspecified atom stereocenters. The van der Waals surface area contributed by atoms with Crippen LogP contribution in [0.2, 0.25) is 0 Å². The second-order valence-electron chi connectivity index (χ2n) is 4.72. The highest BCUT2D eigenvalue weighted by Crippen LogP contribution is 2.55. The summed E-state index contributed by atoms with van der Waals surface area (Å²) in [6.45, 7) is 1.99. The molecule has 6 heteroatoms. The van der Waals surface area contributed by atoms with Crippen LogP contribution in [0.3, 0.4) is 0 Å². The lowest BCUT2D eigenvalue weighted by Crippen LogP contribution is -2.34. The number of hydrogen-bond donors (Lipinski definition) is 0. The minimum absolute atomic E-state index is 0.262. The second kappa shape index (κ2) is 5.84. The van der Waals surface area contributed by atoms with Gasteiger partial charge in [0.25, 0.3) is 0 Å². The van der Waals surface area contributed by atoms with Gasteiger partial charge in [-0.3, -0.25) is 4.79 Å². The van der Waals surface area contributed by atoms with Gasteiger partial charge >= 0.3 is 5.97 Å². The van der Waals surface area contributed by atoms with Crippen LogP contribution >= 0.6 is 0 Å². The van der Waals surface area contributed by atoms with E-state index < -0.39 is 17.4 Å². The second-order valence-corrected chi connectivity index (χ2v) is 4.72. The molecule has 1 aliphatic carbocycles. The molecule has 1 fully saturated rings. The van der Waals surface area contributed by atoms with E-state index in [-0.39, 0.29) is 6.61 Å². The molecule has 0 N–H and O–H groups in total. The SMILES string of the molecule is CCOC(=O)C(N=[N+]=[N-])C1(c2ccccc2OC)CC1. The van der Waals surface area contributed by atoms with Crippen LogP contribution in [-0.2, 0) is 14.9 Å². The first kappa shape index (κ1) is 14.2. The summed E-state index contributed by atoms with van der Waals surface area (Å²) in [5, 5.41) is 3.68. The molecule has 1 aromatic rings. The monoisotopic (exact) mass is 275 g/mol. The zero-order valence-electron chi connectivity index (χ0n) is 11.6. The molecule has 0 aromatic heterocycles. The fourth-order valence-electron chi connectivity index (χ4n) is 2.54. The Morgan fingerprint density at radius 2 is 2.20 bits per heavy atom. The molecule has 0 saturated heterocycles. The standard InChI is InChI=1S/C14H17N3O3/c1-3-20-13(18)12(16-17-15)14(8-9-14)10-6-4-5-7-11(10)19-2/h4-7,12H,3,8-9H2,1-2H3. The van der Waals surface area contributed by atoms with E-state index in [0.29, 0.717) is 5.75 Å². The van der Waals surface area contributed by atoms with Crippen molar-refractivity contribution in [3.05, 3.63) is 40.3 Å². The number of ether oxygens (including phenoxy) is 2. The van der Waals surface area contributed by atoms with E-state index in [2.05, 4.69) is 10.0 Å². The van der Waals surface area contributed by atoms with Crippen molar-refractivity contribution < 1.29 is 14.3 Å². The van der Waals surface area contributed by atoms with Gasteiger partial charge in [0, 0.05) is 15.9 Å². The van der Waals surface area contributed by atoms with Crippen LogP contribution in [0.5, 0.6) is 5.75 Å². The number of nitrogens with zero attached hydrogens (tertiary/aromatic N) is 3. The largest absolute Gasteiger partial charge is 0.496 e. The third-order valence-electron chi connectivity index (χ3n) is 3.63. The summed E-state index contributed by atoms with van der Waals surface area (Å²) in [5.74, 6) is 0.223. The molecule has 2 rings (SSSR count). The Morgan fingerprint density at radius 3 is 2.75 bits per heavy atom. The Balaban J connectivity index is 2.41. The third kappa shape index (κ3) is 2.42. The van der Waals surface area contributed by atoms with Gasteiger partial charge in [0.05, 0.1) is 13.7 Å². The van der Waals surface area contributed by atoms with E-state index >= 15 is 0 Å². The summed E-state index contributed by atoms with van der Waals surface area (Å²) in [6.07, 6.45) is 1.55. The topological polar surface area (TPSA) is 84.3 Å². The van der Waals surface area contributed by atoms with Crippen molar-refractivity contribution in [2.75, 3.05) is 13.7 Å². The van der Waals surface area contributed by atoms with E-state index in [1.807, 2.05) is 24.3 Å². The lowest BCUT2D eigenvalue weighted by atomic mass is 9.87. The van der Waals surface area contributed by atoms with Crippen LogP contribution < -0.4 is 4.74 Å². The van der Waals surface area contributed by atoms with Crippen LogP contribution in [0.25, 0.3) is 10.4 Å². The Labute approximate surface area is 117 Å². The van der Waals surface area contributed by atoms with Crippen molar-refractivity contribution in [3.63, 3.8) is 0 Å². The summed E-state index contributed by atoms with van der Waals surface area (Å²) < 4.78 is 10.4. The minimum atomic E-state index is -0.844. The quantitative estimate of drug-likeness (QED) is 0.346. The van der Waals surface area contributed by atoms with Crippen LogP contribution in [0.1, 0.15) is 25.3 Å². The molecular formula is C14H17N3O3. The number of carbonyl (C=O) groups excluding carboxylic acids is 1. The van der Waals surface area contributed by atoms with Crippen LogP contribution in [0.15, 0.2) is 29.4 Å². The van der Waals surface area contributed by atoms with Gasteiger partial charge in [-0.1, -0.05) is 23.3 Å². The highest BCUT2D eigenvalue weighted by Gasteiger charge is 2.55. The van der Waals surface area contributed by atoms with E-state index in [0.717, 1.165) is 18.4 Å². The van der Waals surface area contributed by atoms with Gasteiger partial charge in [-0.25, -0.2) is 0 Å². The van der Waals surface area contributed by atoms with Gasteiger partial charge in [0.2, 0.25) is 0 Å². The van der Waals surface area contributed by atoms with Crippen molar-refractivity contribution in [1.82, 2.24) is 0 Å². The number of hydrogen-bond acceptors (Lipinski definition) is 4. The first-order valence-electron chi connectivity index (χ1n) is 6.54. The average Bonchev–Trinajstić information content (AvgIpc) is 3.26. The Bertz CT molecular complexity index is 548. The Hall–Kier alpha value is -2.20. The number of rotatable bonds is 6. The first-order valence-corrected chi connectivity index (χ1v) is 6.54. The van der Waals surface area contributed by atoms with Crippen molar-refractivity contribution in [3.8, 4) is 5.75 Å². The third-order valence-corrected chi connectivity index (χ3v) is 3.63. The summed E-state index contributed by atoms with van der Waals surface area (Å²) in [5.41, 5.74) is 9.14. The first-order chi connectivity index (χ1) is 9.69. The van der Waals surface area contributed by atoms with E-state index in [4.69, 9.17) is 15.0 Å². The van der Waals surface area contributed by atoms with Crippen molar-refractivity contribution in [2.45, 2.75) is 31.2 Å². The van der Waals surface area contributed by atoms with Gasteiger partial charge < -0.3 is 9.47 Å². The molecule has 0 aliphatic heterocycles. The van der Waals surface area contributed by atoms with Crippen LogP contribution in [0, 0.1) is 0 Å². The van der Waals surface area contributed by atoms with Crippen molar-refractivity contribution in [1.29, 1.82) is 0 Å². The molecule has 0 amide bonds. The molecule has 0 radical (unpaired) electrons. The average molecular weight is 275 g/mol. The predicted molar refractivity (Wildman–Crippen MR) is 73.5 cm³/mol. The molecular weight excluding hydrogens is 258 g/mol. The van der Waals surface area contributed by atoms with Gasteiger partial charge in [-0.2, -0.15) is 0 Å². The van der Waals surface area contributed by atoms with E-state index in [1.165, 1.54) is 0 Å². The fourth-order valence-corrected chi connectivity index (χ4v) is 2.54. The fraction of sp³-hybridized carbons (Fsp3) is 0.500. The van der Waals surface area contributed by atoms with Gasteiger partial charge in [-0.05, 0) is 31.4 Å². The van der Waals surface area contributed by atoms with Crippen LogP contribution in [-0.4, -0.2) is 25.7 Å². The zero-order valence-corrected chi connectivity index (χ0v) is 11.6. The summed E-state index contributed by atoms with van der Waals surface area (Å²) in [7, 11) is 1.59. The van der Waals surface area contributed by atoms with Crippen molar-refractivity contribution in [2.24, 2.45) is 5.11 Å².